The molecule has 0 saturated carbocycles. The van der Waals surface area contributed by atoms with Gasteiger partial charge in [0.05, 0.1) is 10.9 Å². The second-order valence-corrected chi connectivity index (χ2v) is 4.56. The van der Waals surface area contributed by atoms with E-state index in [0.29, 0.717) is 12.1 Å². The van der Waals surface area contributed by atoms with E-state index in [0.717, 1.165) is 5.56 Å². The van der Waals surface area contributed by atoms with Crippen molar-refractivity contribution in [1.29, 1.82) is 0 Å². The minimum absolute atomic E-state index is 0.240. The Bertz CT molecular complexity index is 590. The van der Waals surface area contributed by atoms with Crippen molar-refractivity contribution in [2.45, 2.75) is 5.38 Å². The maximum absolute atomic E-state index is 11.8. The molecule has 1 unspecified atom stereocenters. The van der Waals surface area contributed by atoms with Gasteiger partial charge in [-0.05, 0) is 11.6 Å². The SMILES string of the molecule is O=C(NCC(Cl)c1ccccc1)c1ccc(=O)[nH]c1. The maximum atomic E-state index is 11.8. The summed E-state index contributed by atoms with van der Waals surface area (Å²) >= 11 is 6.19. The summed E-state index contributed by atoms with van der Waals surface area (Å²) in [6.45, 7) is 0.323. The largest absolute Gasteiger partial charge is 0.350 e. The Morgan fingerprint density at radius 1 is 1.21 bits per heavy atom. The lowest BCUT2D eigenvalue weighted by Gasteiger charge is -2.11. The van der Waals surface area contributed by atoms with Crippen molar-refractivity contribution in [3.8, 4) is 0 Å². The van der Waals surface area contributed by atoms with Crippen LogP contribution in [0.4, 0.5) is 0 Å². The van der Waals surface area contributed by atoms with E-state index in [1.807, 2.05) is 30.3 Å². The molecule has 0 saturated heterocycles. The van der Waals surface area contributed by atoms with Crippen LogP contribution in [0.5, 0.6) is 0 Å². The Kier molecular flexibility index (Phi) is 4.36. The number of pyridine rings is 1. The van der Waals surface area contributed by atoms with Gasteiger partial charge in [-0.15, -0.1) is 11.6 Å². The Labute approximate surface area is 115 Å². The second-order valence-electron chi connectivity index (χ2n) is 4.03. The van der Waals surface area contributed by atoms with Crippen molar-refractivity contribution in [1.82, 2.24) is 10.3 Å². The molecule has 1 atom stereocenters. The van der Waals surface area contributed by atoms with Gasteiger partial charge >= 0.3 is 0 Å². The summed E-state index contributed by atoms with van der Waals surface area (Å²) in [6.07, 6.45) is 1.38. The number of aromatic amines is 1. The Balaban J connectivity index is 1.94. The minimum atomic E-state index is -0.284. The number of amides is 1. The maximum Gasteiger partial charge on any atom is 0.252 e. The molecule has 0 fully saturated rings. The summed E-state index contributed by atoms with van der Waals surface area (Å²) in [4.78, 5) is 25.1. The molecule has 1 aromatic carbocycles. The summed E-state index contributed by atoms with van der Waals surface area (Å²) in [5, 5.41) is 2.44. The number of alkyl halides is 1. The molecule has 1 aromatic heterocycles. The number of hydrogen-bond acceptors (Lipinski definition) is 2. The molecular formula is C14H13ClN2O2. The molecule has 19 heavy (non-hydrogen) atoms. The van der Waals surface area contributed by atoms with E-state index in [1.165, 1.54) is 18.3 Å². The van der Waals surface area contributed by atoms with E-state index in [4.69, 9.17) is 11.6 Å². The third kappa shape index (κ3) is 3.69. The molecule has 1 heterocycles. The third-order valence-electron chi connectivity index (χ3n) is 2.65. The van der Waals surface area contributed by atoms with Gasteiger partial charge in [0, 0.05) is 18.8 Å². The van der Waals surface area contributed by atoms with Crippen LogP contribution in [0, 0.1) is 0 Å². The van der Waals surface area contributed by atoms with E-state index < -0.39 is 0 Å². The molecule has 0 aliphatic carbocycles. The first-order chi connectivity index (χ1) is 9.16. The van der Waals surface area contributed by atoms with Crippen LogP contribution < -0.4 is 10.9 Å². The smallest absolute Gasteiger partial charge is 0.252 e. The van der Waals surface area contributed by atoms with Crippen LogP contribution in [0.15, 0.2) is 53.5 Å². The first-order valence-electron chi connectivity index (χ1n) is 5.83. The Morgan fingerprint density at radius 3 is 2.58 bits per heavy atom. The van der Waals surface area contributed by atoms with Gasteiger partial charge in [-0.2, -0.15) is 0 Å². The molecule has 2 rings (SSSR count). The van der Waals surface area contributed by atoms with Crippen LogP contribution in [0.25, 0.3) is 0 Å². The fourth-order valence-corrected chi connectivity index (χ4v) is 1.84. The highest BCUT2D eigenvalue weighted by molar-refractivity contribution is 6.21. The average molecular weight is 277 g/mol. The van der Waals surface area contributed by atoms with Crippen molar-refractivity contribution < 1.29 is 4.79 Å². The third-order valence-corrected chi connectivity index (χ3v) is 3.06. The highest BCUT2D eigenvalue weighted by Crippen LogP contribution is 2.18. The van der Waals surface area contributed by atoms with Gasteiger partial charge in [-0.3, -0.25) is 9.59 Å². The fourth-order valence-electron chi connectivity index (χ4n) is 1.62. The quantitative estimate of drug-likeness (QED) is 0.840. The number of hydrogen-bond donors (Lipinski definition) is 2. The summed E-state index contributed by atoms with van der Waals surface area (Å²) in [5.74, 6) is -0.266. The minimum Gasteiger partial charge on any atom is -0.350 e. The summed E-state index contributed by atoms with van der Waals surface area (Å²) in [6, 6.07) is 12.3. The highest BCUT2D eigenvalue weighted by atomic mass is 35.5. The molecule has 0 radical (unpaired) electrons. The number of aromatic nitrogens is 1. The lowest BCUT2D eigenvalue weighted by molar-refractivity contribution is 0.0953. The van der Waals surface area contributed by atoms with E-state index in [2.05, 4.69) is 10.3 Å². The normalized spacial score (nSPS) is 11.8. The molecule has 98 valence electrons. The fraction of sp³-hybridized carbons (Fsp3) is 0.143. The van der Waals surface area contributed by atoms with Crippen LogP contribution >= 0.6 is 11.6 Å². The lowest BCUT2D eigenvalue weighted by Crippen LogP contribution is -2.27. The topological polar surface area (TPSA) is 62.0 Å². The van der Waals surface area contributed by atoms with Crippen LogP contribution in [0.1, 0.15) is 21.3 Å². The predicted octanol–water partition coefficient (Wildman–Crippen LogP) is 2.08. The van der Waals surface area contributed by atoms with Crippen LogP contribution in [-0.4, -0.2) is 17.4 Å². The molecule has 0 spiro atoms. The number of benzene rings is 1. The zero-order chi connectivity index (χ0) is 13.7. The zero-order valence-electron chi connectivity index (χ0n) is 10.1. The number of rotatable bonds is 4. The Morgan fingerprint density at radius 2 is 1.95 bits per heavy atom. The van der Waals surface area contributed by atoms with Crippen molar-refractivity contribution >= 4 is 17.5 Å². The van der Waals surface area contributed by atoms with Crippen LogP contribution in [0.3, 0.4) is 0 Å². The van der Waals surface area contributed by atoms with Gasteiger partial charge in [0.25, 0.3) is 5.91 Å². The lowest BCUT2D eigenvalue weighted by atomic mass is 10.1. The van der Waals surface area contributed by atoms with Gasteiger partial charge in [-0.1, -0.05) is 30.3 Å². The summed E-state index contributed by atoms with van der Waals surface area (Å²) in [7, 11) is 0. The predicted molar refractivity (Wildman–Crippen MR) is 74.4 cm³/mol. The van der Waals surface area contributed by atoms with Crippen molar-refractivity contribution in [2.75, 3.05) is 6.54 Å². The molecule has 2 N–H and O–H groups in total. The molecule has 5 heteroatoms. The first-order valence-corrected chi connectivity index (χ1v) is 6.26. The van der Waals surface area contributed by atoms with Gasteiger partial charge in [0.15, 0.2) is 0 Å². The average Bonchev–Trinajstić information content (AvgIpc) is 2.46. The van der Waals surface area contributed by atoms with Gasteiger partial charge in [0.2, 0.25) is 5.56 Å². The van der Waals surface area contributed by atoms with E-state index in [-0.39, 0.29) is 16.8 Å². The highest BCUT2D eigenvalue weighted by Gasteiger charge is 2.10. The van der Waals surface area contributed by atoms with Crippen molar-refractivity contribution in [2.24, 2.45) is 0 Å². The number of H-pyrrole nitrogens is 1. The number of carbonyl (C=O) groups is 1. The standard InChI is InChI=1S/C14H13ClN2O2/c15-12(10-4-2-1-3-5-10)9-17-14(19)11-6-7-13(18)16-8-11/h1-8,12H,9H2,(H,16,18)(H,17,19). The number of halogens is 1. The van der Waals surface area contributed by atoms with E-state index in [9.17, 15) is 9.59 Å². The van der Waals surface area contributed by atoms with Gasteiger partial charge in [-0.25, -0.2) is 0 Å². The summed E-state index contributed by atoms with van der Waals surface area (Å²) < 4.78 is 0. The van der Waals surface area contributed by atoms with Crippen LogP contribution in [0.2, 0.25) is 0 Å². The molecule has 0 aliphatic rings. The molecule has 1 amide bonds. The molecule has 4 nitrogen and oxygen atoms in total. The molecule has 2 aromatic rings. The van der Waals surface area contributed by atoms with Crippen molar-refractivity contribution in [3.05, 3.63) is 70.1 Å². The van der Waals surface area contributed by atoms with Crippen LogP contribution in [-0.2, 0) is 0 Å². The van der Waals surface area contributed by atoms with Gasteiger partial charge in [0.1, 0.15) is 0 Å². The van der Waals surface area contributed by atoms with E-state index >= 15 is 0 Å². The Hall–Kier alpha value is -2.07. The molecular weight excluding hydrogens is 264 g/mol. The van der Waals surface area contributed by atoms with Crippen molar-refractivity contribution in [3.63, 3.8) is 0 Å². The monoisotopic (exact) mass is 276 g/mol. The molecule has 0 aliphatic heterocycles. The second kappa shape index (κ2) is 6.20. The number of carbonyl (C=O) groups excluding carboxylic acids is 1. The van der Waals surface area contributed by atoms with E-state index in [1.54, 1.807) is 0 Å². The summed E-state index contributed by atoms with van der Waals surface area (Å²) in [5.41, 5.74) is 1.11. The molecule has 0 bridgehead atoms. The first kappa shape index (κ1) is 13.4. The zero-order valence-corrected chi connectivity index (χ0v) is 10.9. The number of nitrogens with one attached hydrogen (secondary N) is 2. The van der Waals surface area contributed by atoms with Gasteiger partial charge < -0.3 is 10.3 Å².